The maximum Gasteiger partial charge on any atom is 0.265 e. The lowest BCUT2D eigenvalue weighted by molar-refractivity contribution is -0.121. The van der Waals surface area contributed by atoms with Crippen LogP contribution in [0.4, 0.5) is 11.4 Å². The van der Waals surface area contributed by atoms with Crippen LogP contribution < -0.4 is 14.4 Å². The highest BCUT2D eigenvalue weighted by Gasteiger charge is 2.31. The second-order valence-corrected chi connectivity index (χ2v) is 10.1. The molecule has 9 nitrogen and oxygen atoms in total. The monoisotopic (exact) mass is 468 g/mol. The molecule has 0 saturated heterocycles. The number of para-hydroxylation sites is 1. The zero-order valence-electron chi connectivity index (χ0n) is 18.4. The molecule has 0 atom stereocenters. The van der Waals surface area contributed by atoms with Crippen LogP contribution in [0.25, 0.3) is 0 Å². The fraction of sp³-hybridized carbons (Fsp3) is 0.348. The summed E-state index contributed by atoms with van der Waals surface area (Å²) in [5.74, 6) is 1.36. The van der Waals surface area contributed by atoms with Gasteiger partial charge in [-0.05, 0) is 56.0 Å². The van der Waals surface area contributed by atoms with Gasteiger partial charge < -0.3 is 9.26 Å². The minimum Gasteiger partial charge on any atom is -0.482 e. The highest BCUT2D eigenvalue weighted by Crippen LogP contribution is 2.37. The zero-order valence-corrected chi connectivity index (χ0v) is 19.2. The Morgan fingerprint density at radius 2 is 1.91 bits per heavy atom. The van der Waals surface area contributed by atoms with Gasteiger partial charge in [0.2, 0.25) is 5.89 Å². The maximum atomic E-state index is 13.2. The number of fused-ring (bicyclic) bond motifs is 1. The molecule has 1 aliphatic heterocycles. The number of amides is 1. The summed E-state index contributed by atoms with van der Waals surface area (Å²) in [7, 11) is -3.90. The van der Waals surface area contributed by atoms with Crippen LogP contribution in [0.15, 0.2) is 45.8 Å². The first kappa shape index (κ1) is 21.4. The first-order valence-corrected chi connectivity index (χ1v) is 12.3. The quantitative estimate of drug-likeness (QED) is 0.587. The fourth-order valence-electron chi connectivity index (χ4n) is 3.99. The van der Waals surface area contributed by atoms with Gasteiger partial charge in [0.1, 0.15) is 5.75 Å². The van der Waals surface area contributed by atoms with E-state index in [1.54, 1.807) is 6.07 Å². The van der Waals surface area contributed by atoms with Gasteiger partial charge in [-0.15, -0.1) is 0 Å². The number of anilines is 2. The summed E-state index contributed by atoms with van der Waals surface area (Å²) in [4.78, 5) is 18.6. The Bertz CT molecular complexity index is 1310. The lowest BCUT2D eigenvalue weighted by atomic mass is 9.85. The molecule has 10 heteroatoms. The number of nitrogens with one attached hydrogen (secondary N) is 1. The van der Waals surface area contributed by atoms with E-state index in [2.05, 4.69) is 14.9 Å². The van der Waals surface area contributed by atoms with Gasteiger partial charge >= 0.3 is 0 Å². The molecule has 33 heavy (non-hydrogen) atoms. The molecule has 0 spiro atoms. The number of ether oxygens (including phenoxy) is 1. The second kappa shape index (κ2) is 8.18. The van der Waals surface area contributed by atoms with E-state index in [1.807, 2.05) is 32.0 Å². The molecule has 2 aromatic carbocycles. The van der Waals surface area contributed by atoms with Crippen molar-refractivity contribution < 1.29 is 22.5 Å². The Hall–Kier alpha value is -3.40. The van der Waals surface area contributed by atoms with Crippen LogP contribution in [-0.2, 0) is 21.4 Å². The number of nitrogens with zero attached hydrogens (tertiary/aromatic N) is 3. The summed E-state index contributed by atoms with van der Waals surface area (Å²) < 4.78 is 39.9. The summed E-state index contributed by atoms with van der Waals surface area (Å²) in [5, 5.41) is 4.02. The van der Waals surface area contributed by atoms with Crippen LogP contribution in [0.2, 0.25) is 0 Å². The van der Waals surface area contributed by atoms with Crippen molar-refractivity contribution in [2.45, 2.75) is 50.5 Å². The van der Waals surface area contributed by atoms with E-state index < -0.39 is 10.0 Å². The number of rotatable bonds is 6. The third kappa shape index (κ3) is 4.06. The number of carbonyl (C=O) groups excluding carboxylic acids is 1. The Morgan fingerprint density at radius 3 is 2.61 bits per heavy atom. The van der Waals surface area contributed by atoms with Gasteiger partial charge in [-0.2, -0.15) is 4.98 Å². The Balaban J connectivity index is 1.45. The lowest BCUT2D eigenvalue weighted by Crippen LogP contribution is -2.38. The van der Waals surface area contributed by atoms with E-state index in [0.29, 0.717) is 28.8 Å². The minimum atomic E-state index is -3.90. The Kier molecular flexibility index (Phi) is 5.32. The average molecular weight is 469 g/mol. The zero-order chi connectivity index (χ0) is 23.2. The van der Waals surface area contributed by atoms with Crippen LogP contribution in [0.3, 0.4) is 0 Å². The van der Waals surface area contributed by atoms with E-state index in [1.165, 1.54) is 17.0 Å². The second-order valence-electron chi connectivity index (χ2n) is 8.45. The van der Waals surface area contributed by atoms with Crippen LogP contribution in [-0.4, -0.2) is 31.1 Å². The van der Waals surface area contributed by atoms with Gasteiger partial charge in [0.15, 0.2) is 12.4 Å². The molecule has 0 unspecified atom stereocenters. The standard InChI is InChI=1S/C23H24N4O5S/c1-14-5-3-6-15(2)22(14)26-33(29,30)17-9-10-19-18(11-17)27(21(28)13-31-19)12-20-24-23(32-25-20)16-7-4-8-16/h3,5-6,9-11,16,26H,4,7-8,12-13H2,1-2H3. The summed E-state index contributed by atoms with van der Waals surface area (Å²) >= 11 is 0. The van der Waals surface area contributed by atoms with Crippen LogP contribution in [0.5, 0.6) is 5.75 Å². The first-order chi connectivity index (χ1) is 15.8. The van der Waals surface area contributed by atoms with E-state index in [4.69, 9.17) is 9.26 Å². The van der Waals surface area contributed by atoms with Gasteiger partial charge in [0.05, 0.1) is 22.8 Å². The van der Waals surface area contributed by atoms with E-state index in [-0.39, 0.29) is 29.9 Å². The van der Waals surface area contributed by atoms with Gasteiger partial charge in [-0.25, -0.2) is 8.42 Å². The lowest BCUT2D eigenvalue weighted by Gasteiger charge is -2.29. The van der Waals surface area contributed by atoms with E-state index >= 15 is 0 Å². The molecule has 1 fully saturated rings. The van der Waals surface area contributed by atoms with Crippen molar-refractivity contribution in [3.8, 4) is 5.75 Å². The molecular weight excluding hydrogens is 444 g/mol. The molecule has 1 saturated carbocycles. The average Bonchev–Trinajstić information content (AvgIpc) is 3.19. The molecule has 2 aliphatic rings. The normalized spacial score (nSPS) is 16.2. The molecule has 3 aromatic rings. The number of aromatic nitrogens is 2. The summed E-state index contributed by atoms with van der Waals surface area (Å²) in [6.45, 7) is 3.61. The molecule has 1 N–H and O–H groups in total. The smallest absolute Gasteiger partial charge is 0.265 e. The van der Waals surface area contributed by atoms with Crippen molar-refractivity contribution in [3.63, 3.8) is 0 Å². The van der Waals surface area contributed by atoms with Crippen molar-refractivity contribution in [1.82, 2.24) is 10.1 Å². The number of hydrogen-bond donors (Lipinski definition) is 1. The van der Waals surface area contributed by atoms with Crippen molar-refractivity contribution in [1.29, 1.82) is 0 Å². The minimum absolute atomic E-state index is 0.0236. The van der Waals surface area contributed by atoms with E-state index in [9.17, 15) is 13.2 Å². The molecule has 1 amide bonds. The van der Waals surface area contributed by atoms with Crippen LogP contribution in [0.1, 0.15) is 48.0 Å². The van der Waals surface area contributed by atoms with Crippen molar-refractivity contribution in [2.24, 2.45) is 0 Å². The number of sulfonamides is 1. The molecule has 2 heterocycles. The third-order valence-electron chi connectivity index (χ3n) is 6.14. The van der Waals surface area contributed by atoms with Crippen molar-refractivity contribution >= 4 is 27.3 Å². The van der Waals surface area contributed by atoms with Gasteiger partial charge in [0, 0.05) is 5.92 Å². The predicted octanol–water partition coefficient (Wildman–Crippen LogP) is 3.68. The number of carbonyl (C=O) groups is 1. The third-order valence-corrected chi connectivity index (χ3v) is 7.49. The molecule has 172 valence electrons. The largest absolute Gasteiger partial charge is 0.482 e. The molecule has 0 bridgehead atoms. The fourth-order valence-corrected chi connectivity index (χ4v) is 5.21. The highest BCUT2D eigenvalue weighted by molar-refractivity contribution is 7.92. The van der Waals surface area contributed by atoms with Gasteiger partial charge in [0.25, 0.3) is 15.9 Å². The predicted molar refractivity (Wildman–Crippen MR) is 121 cm³/mol. The summed E-state index contributed by atoms with van der Waals surface area (Å²) in [6, 6.07) is 10.0. The van der Waals surface area contributed by atoms with Gasteiger partial charge in [-0.1, -0.05) is 29.8 Å². The number of aryl methyl sites for hydroxylation is 2. The number of hydrogen-bond acceptors (Lipinski definition) is 7. The van der Waals surface area contributed by atoms with Crippen molar-refractivity contribution in [3.05, 3.63) is 59.2 Å². The van der Waals surface area contributed by atoms with Gasteiger partial charge in [-0.3, -0.25) is 14.4 Å². The Morgan fingerprint density at radius 1 is 1.15 bits per heavy atom. The molecule has 0 radical (unpaired) electrons. The summed E-state index contributed by atoms with van der Waals surface area (Å²) in [5.41, 5.74) is 2.52. The topological polar surface area (TPSA) is 115 Å². The number of benzene rings is 2. The molecule has 1 aromatic heterocycles. The molecule has 1 aliphatic carbocycles. The maximum absolute atomic E-state index is 13.2. The summed E-state index contributed by atoms with van der Waals surface area (Å²) in [6.07, 6.45) is 3.19. The van der Waals surface area contributed by atoms with E-state index in [0.717, 1.165) is 30.4 Å². The Labute approximate surface area is 191 Å². The SMILES string of the molecule is Cc1cccc(C)c1NS(=O)(=O)c1ccc2c(c1)N(Cc1noc(C3CCC3)n1)C(=O)CO2. The first-order valence-electron chi connectivity index (χ1n) is 10.8. The van der Waals surface area contributed by atoms with Crippen LogP contribution in [0, 0.1) is 13.8 Å². The molecule has 5 rings (SSSR count). The van der Waals surface area contributed by atoms with Crippen molar-refractivity contribution in [2.75, 3.05) is 16.2 Å². The van der Waals surface area contributed by atoms with Crippen LogP contribution >= 0.6 is 0 Å². The highest BCUT2D eigenvalue weighted by atomic mass is 32.2. The molecular formula is C23H24N4O5S.